The zero-order valence-electron chi connectivity index (χ0n) is 11.9. The molecule has 19 heavy (non-hydrogen) atoms. The number of nitrogens with zero attached hydrogens (tertiary/aromatic N) is 1. The van der Waals surface area contributed by atoms with Gasteiger partial charge >= 0.3 is 0 Å². The third-order valence-electron chi connectivity index (χ3n) is 2.89. The van der Waals surface area contributed by atoms with Crippen LogP contribution < -0.4 is 10.6 Å². The number of hydrogen-bond donors (Lipinski definition) is 2. The molecule has 0 spiro atoms. The van der Waals surface area contributed by atoms with Crippen LogP contribution >= 0.6 is 24.0 Å². The van der Waals surface area contributed by atoms with Crippen molar-refractivity contribution >= 4 is 29.9 Å². The van der Waals surface area contributed by atoms with Gasteiger partial charge in [0.15, 0.2) is 5.96 Å². The largest absolute Gasteiger partial charge is 0.356 e. The van der Waals surface area contributed by atoms with E-state index in [0.717, 1.165) is 12.5 Å². The van der Waals surface area contributed by atoms with Crippen molar-refractivity contribution < 1.29 is 0 Å². The van der Waals surface area contributed by atoms with E-state index in [4.69, 9.17) is 0 Å². The Balaban J connectivity index is 0.00000324. The van der Waals surface area contributed by atoms with E-state index >= 15 is 0 Å². The first-order chi connectivity index (χ1) is 8.60. The van der Waals surface area contributed by atoms with Gasteiger partial charge < -0.3 is 10.6 Å². The summed E-state index contributed by atoms with van der Waals surface area (Å²) in [5, 5.41) is 6.50. The molecular formula is C15H24IN3. The highest BCUT2D eigenvalue weighted by molar-refractivity contribution is 14.0. The van der Waals surface area contributed by atoms with E-state index in [1.165, 1.54) is 5.56 Å². The molecule has 0 aliphatic rings. The highest BCUT2D eigenvalue weighted by Crippen LogP contribution is 2.21. The Morgan fingerprint density at radius 3 is 2.42 bits per heavy atom. The van der Waals surface area contributed by atoms with E-state index in [1.807, 2.05) is 12.1 Å². The molecule has 0 aromatic heterocycles. The third-order valence-corrected chi connectivity index (χ3v) is 2.89. The number of rotatable bonds is 5. The molecular weight excluding hydrogens is 349 g/mol. The van der Waals surface area contributed by atoms with Crippen LogP contribution in [0.4, 0.5) is 0 Å². The zero-order valence-corrected chi connectivity index (χ0v) is 14.3. The molecule has 106 valence electrons. The first-order valence-corrected chi connectivity index (χ1v) is 6.21. The molecule has 0 bridgehead atoms. The van der Waals surface area contributed by atoms with Gasteiger partial charge in [0.1, 0.15) is 0 Å². The summed E-state index contributed by atoms with van der Waals surface area (Å²) < 4.78 is 0. The van der Waals surface area contributed by atoms with E-state index in [9.17, 15) is 0 Å². The molecule has 0 saturated carbocycles. The molecule has 2 N–H and O–H groups in total. The third kappa shape index (κ3) is 6.09. The maximum absolute atomic E-state index is 4.17. The Kier molecular flexibility index (Phi) is 8.47. The molecule has 1 aromatic rings. The maximum atomic E-state index is 4.17. The Bertz CT molecular complexity index is 399. The number of halogens is 1. The van der Waals surface area contributed by atoms with Crippen molar-refractivity contribution in [2.24, 2.45) is 4.99 Å². The van der Waals surface area contributed by atoms with Gasteiger partial charge in [0.25, 0.3) is 0 Å². The Hall–Kier alpha value is -1.04. The number of hydrogen-bond acceptors (Lipinski definition) is 1. The quantitative estimate of drug-likeness (QED) is 0.360. The lowest BCUT2D eigenvalue weighted by Gasteiger charge is -2.26. The normalized spacial score (nSPS) is 11.4. The van der Waals surface area contributed by atoms with Gasteiger partial charge in [0, 0.05) is 25.6 Å². The summed E-state index contributed by atoms with van der Waals surface area (Å²) in [6.45, 7) is 9.66. The highest BCUT2D eigenvalue weighted by Gasteiger charge is 2.20. The predicted octanol–water partition coefficient (Wildman–Crippen LogP) is 2.93. The predicted molar refractivity (Wildman–Crippen MR) is 94.4 cm³/mol. The van der Waals surface area contributed by atoms with Gasteiger partial charge in [-0.15, -0.1) is 30.6 Å². The molecule has 0 heterocycles. The average Bonchev–Trinajstić information content (AvgIpc) is 2.40. The number of guanidine groups is 1. The maximum Gasteiger partial charge on any atom is 0.191 e. The first kappa shape index (κ1) is 18.0. The Morgan fingerprint density at radius 2 is 1.89 bits per heavy atom. The van der Waals surface area contributed by atoms with Crippen molar-refractivity contribution in [1.82, 2.24) is 10.6 Å². The van der Waals surface area contributed by atoms with Crippen LogP contribution in [0.3, 0.4) is 0 Å². The van der Waals surface area contributed by atoms with E-state index in [-0.39, 0.29) is 29.4 Å². The van der Waals surface area contributed by atoms with Crippen LogP contribution in [0.15, 0.2) is 48.0 Å². The summed E-state index contributed by atoms with van der Waals surface area (Å²) in [6, 6.07) is 10.5. The van der Waals surface area contributed by atoms with Crippen molar-refractivity contribution in [2.75, 3.05) is 20.1 Å². The lowest BCUT2D eigenvalue weighted by atomic mass is 9.85. The van der Waals surface area contributed by atoms with Crippen LogP contribution in [0, 0.1) is 0 Å². The van der Waals surface area contributed by atoms with Gasteiger partial charge in [-0.05, 0) is 5.56 Å². The second-order valence-corrected chi connectivity index (χ2v) is 4.85. The summed E-state index contributed by atoms with van der Waals surface area (Å²) in [5.74, 6) is 0.805. The zero-order chi connectivity index (χ0) is 13.4. The SMILES string of the molecule is C=CCNC(=NC)NCC(C)(C)c1ccccc1.I. The minimum Gasteiger partial charge on any atom is -0.356 e. The van der Waals surface area contributed by atoms with E-state index in [0.29, 0.717) is 6.54 Å². The highest BCUT2D eigenvalue weighted by atomic mass is 127. The van der Waals surface area contributed by atoms with Crippen LogP contribution in [0.5, 0.6) is 0 Å². The number of nitrogens with one attached hydrogen (secondary N) is 2. The fourth-order valence-corrected chi connectivity index (χ4v) is 1.69. The second kappa shape index (κ2) is 8.96. The van der Waals surface area contributed by atoms with Gasteiger partial charge in [0.2, 0.25) is 0 Å². The number of benzene rings is 1. The van der Waals surface area contributed by atoms with Crippen LogP contribution in [0.1, 0.15) is 19.4 Å². The van der Waals surface area contributed by atoms with Gasteiger partial charge in [0.05, 0.1) is 0 Å². The summed E-state index contributed by atoms with van der Waals surface area (Å²) in [5.41, 5.74) is 1.38. The summed E-state index contributed by atoms with van der Waals surface area (Å²) >= 11 is 0. The van der Waals surface area contributed by atoms with Crippen LogP contribution in [-0.2, 0) is 5.41 Å². The molecule has 1 aromatic carbocycles. The van der Waals surface area contributed by atoms with Gasteiger partial charge in [-0.3, -0.25) is 4.99 Å². The van der Waals surface area contributed by atoms with Crippen molar-refractivity contribution in [3.8, 4) is 0 Å². The molecule has 0 amide bonds. The molecule has 3 nitrogen and oxygen atoms in total. The number of aliphatic imine (C=N–C) groups is 1. The summed E-state index contributed by atoms with van der Waals surface area (Å²) in [7, 11) is 1.77. The van der Waals surface area contributed by atoms with Crippen molar-refractivity contribution in [2.45, 2.75) is 19.3 Å². The molecule has 0 radical (unpaired) electrons. The van der Waals surface area contributed by atoms with Crippen molar-refractivity contribution in [3.63, 3.8) is 0 Å². The standard InChI is InChI=1S/C15H23N3.HI/c1-5-11-17-14(16-4)18-12-15(2,3)13-9-7-6-8-10-13;/h5-10H,1,11-12H2,2-4H3,(H2,16,17,18);1H. The van der Waals surface area contributed by atoms with E-state index in [1.54, 1.807) is 7.05 Å². The molecule has 0 saturated heterocycles. The Labute approximate surface area is 133 Å². The molecule has 1 rings (SSSR count). The Morgan fingerprint density at radius 1 is 1.26 bits per heavy atom. The smallest absolute Gasteiger partial charge is 0.191 e. The molecule has 0 fully saturated rings. The van der Waals surface area contributed by atoms with Crippen LogP contribution in [0.25, 0.3) is 0 Å². The minimum atomic E-state index is 0. The summed E-state index contributed by atoms with van der Waals surface area (Å²) in [6.07, 6.45) is 1.81. The van der Waals surface area contributed by atoms with E-state index in [2.05, 4.69) is 60.3 Å². The van der Waals surface area contributed by atoms with Gasteiger partial charge in [-0.1, -0.05) is 50.3 Å². The van der Waals surface area contributed by atoms with E-state index < -0.39 is 0 Å². The molecule has 0 atom stereocenters. The summed E-state index contributed by atoms with van der Waals surface area (Å²) in [4.78, 5) is 4.17. The lowest BCUT2D eigenvalue weighted by Crippen LogP contribution is -2.43. The molecule has 0 aliphatic heterocycles. The van der Waals surface area contributed by atoms with Gasteiger partial charge in [-0.2, -0.15) is 0 Å². The topological polar surface area (TPSA) is 36.4 Å². The minimum absolute atomic E-state index is 0. The molecule has 4 heteroatoms. The fourth-order valence-electron chi connectivity index (χ4n) is 1.69. The molecule has 0 aliphatic carbocycles. The fraction of sp³-hybridized carbons (Fsp3) is 0.400. The van der Waals surface area contributed by atoms with Crippen LogP contribution in [0.2, 0.25) is 0 Å². The first-order valence-electron chi connectivity index (χ1n) is 6.21. The average molecular weight is 373 g/mol. The monoisotopic (exact) mass is 373 g/mol. The molecule has 0 unspecified atom stereocenters. The lowest BCUT2D eigenvalue weighted by molar-refractivity contribution is 0.509. The van der Waals surface area contributed by atoms with Crippen molar-refractivity contribution in [1.29, 1.82) is 0 Å². The van der Waals surface area contributed by atoms with Gasteiger partial charge in [-0.25, -0.2) is 0 Å². The van der Waals surface area contributed by atoms with Crippen LogP contribution in [-0.4, -0.2) is 26.1 Å². The second-order valence-electron chi connectivity index (χ2n) is 4.85. The van der Waals surface area contributed by atoms with Crippen molar-refractivity contribution in [3.05, 3.63) is 48.6 Å².